The molecule has 1 aromatic carbocycles. The zero-order valence-electron chi connectivity index (χ0n) is 11.6. The fourth-order valence-electron chi connectivity index (χ4n) is 3.26. The van der Waals surface area contributed by atoms with E-state index in [0.717, 1.165) is 31.7 Å². The molecule has 1 fully saturated rings. The zero-order valence-corrected chi connectivity index (χ0v) is 11.6. The van der Waals surface area contributed by atoms with Crippen LogP contribution in [-0.2, 0) is 5.54 Å². The van der Waals surface area contributed by atoms with Gasteiger partial charge in [0, 0.05) is 11.6 Å². The Hall–Kier alpha value is -0.960. The molecular formula is C16H23F2N. The Balaban J connectivity index is 2.17. The molecule has 0 heterocycles. The molecule has 1 aliphatic carbocycles. The Morgan fingerprint density at radius 3 is 2.47 bits per heavy atom. The molecule has 2 rings (SSSR count). The van der Waals surface area contributed by atoms with Gasteiger partial charge < -0.3 is 5.73 Å². The average Bonchev–Trinajstić information content (AvgIpc) is 2.52. The van der Waals surface area contributed by atoms with E-state index in [-0.39, 0.29) is 0 Å². The van der Waals surface area contributed by atoms with Gasteiger partial charge in [-0.1, -0.05) is 32.6 Å². The third kappa shape index (κ3) is 3.53. The zero-order chi connectivity index (χ0) is 13.9. The van der Waals surface area contributed by atoms with E-state index in [1.165, 1.54) is 31.4 Å². The standard InChI is InChI=1S/C16H23F2N/c1-2-4-12-5-3-7-16(19,8-6-12)13-9-14(17)11-15(18)10-13/h9-12H,2-8,19H2,1H3. The van der Waals surface area contributed by atoms with Gasteiger partial charge in [0.25, 0.3) is 0 Å². The topological polar surface area (TPSA) is 26.0 Å². The van der Waals surface area contributed by atoms with Gasteiger partial charge in [0.1, 0.15) is 11.6 Å². The van der Waals surface area contributed by atoms with Gasteiger partial charge in [0.05, 0.1) is 0 Å². The minimum absolute atomic E-state index is 0.533. The van der Waals surface area contributed by atoms with Crippen LogP contribution in [-0.4, -0.2) is 0 Å². The van der Waals surface area contributed by atoms with E-state index in [1.54, 1.807) is 0 Å². The number of hydrogen-bond acceptors (Lipinski definition) is 1. The second kappa shape index (κ2) is 6.00. The van der Waals surface area contributed by atoms with Crippen molar-refractivity contribution in [1.82, 2.24) is 0 Å². The van der Waals surface area contributed by atoms with Gasteiger partial charge in [0.15, 0.2) is 0 Å². The van der Waals surface area contributed by atoms with Crippen LogP contribution in [0, 0.1) is 17.6 Å². The predicted molar refractivity (Wildman–Crippen MR) is 73.7 cm³/mol. The Kier molecular flexibility index (Phi) is 4.56. The highest BCUT2D eigenvalue weighted by molar-refractivity contribution is 5.26. The van der Waals surface area contributed by atoms with E-state index in [9.17, 15) is 8.78 Å². The molecule has 0 radical (unpaired) electrons. The van der Waals surface area contributed by atoms with E-state index in [0.29, 0.717) is 11.5 Å². The first-order valence-corrected chi connectivity index (χ1v) is 7.29. The lowest BCUT2D eigenvalue weighted by molar-refractivity contribution is 0.364. The lowest BCUT2D eigenvalue weighted by Gasteiger charge is -2.29. The first-order chi connectivity index (χ1) is 9.03. The van der Waals surface area contributed by atoms with Crippen LogP contribution in [0.4, 0.5) is 8.78 Å². The first kappa shape index (κ1) is 14.4. The van der Waals surface area contributed by atoms with Crippen molar-refractivity contribution in [3.63, 3.8) is 0 Å². The summed E-state index contributed by atoms with van der Waals surface area (Å²) in [6.45, 7) is 2.20. The van der Waals surface area contributed by atoms with Crippen LogP contribution in [0.25, 0.3) is 0 Å². The van der Waals surface area contributed by atoms with E-state index in [1.807, 2.05) is 0 Å². The molecule has 0 spiro atoms. The van der Waals surface area contributed by atoms with E-state index < -0.39 is 17.2 Å². The summed E-state index contributed by atoms with van der Waals surface area (Å²) in [6, 6.07) is 3.69. The van der Waals surface area contributed by atoms with Crippen molar-refractivity contribution in [2.45, 2.75) is 57.4 Å². The molecule has 0 bridgehead atoms. The van der Waals surface area contributed by atoms with E-state index in [4.69, 9.17) is 5.73 Å². The molecule has 19 heavy (non-hydrogen) atoms. The van der Waals surface area contributed by atoms with Crippen molar-refractivity contribution >= 4 is 0 Å². The molecule has 1 aliphatic rings. The predicted octanol–water partition coefficient (Wildman–Crippen LogP) is 4.50. The molecule has 1 saturated carbocycles. The molecule has 2 unspecified atom stereocenters. The van der Waals surface area contributed by atoms with Crippen LogP contribution in [0.1, 0.15) is 57.4 Å². The maximum atomic E-state index is 13.4. The fraction of sp³-hybridized carbons (Fsp3) is 0.625. The molecule has 0 aromatic heterocycles. The van der Waals surface area contributed by atoms with Crippen LogP contribution in [0.5, 0.6) is 0 Å². The van der Waals surface area contributed by atoms with Crippen LogP contribution in [0.15, 0.2) is 18.2 Å². The second-order valence-corrected chi connectivity index (χ2v) is 5.90. The summed E-state index contributed by atoms with van der Waals surface area (Å²) in [5, 5.41) is 0. The van der Waals surface area contributed by atoms with Gasteiger partial charge in [-0.05, 0) is 42.9 Å². The highest BCUT2D eigenvalue weighted by Crippen LogP contribution is 2.37. The molecule has 0 saturated heterocycles. The Morgan fingerprint density at radius 1 is 1.16 bits per heavy atom. The summed E-state index contributed by atoms with van der Waals surface area (Å²) in [5.41, 5.74) is 6.49. The van der Waals surface area contributed by atoms with Crippen LogP contribution in [0.3, 0.4) is 0 Å². The molecule has 2 N–H and O–H groups in total. The van der Waals surface area contributed by atoms with Crippen LogP contribution < -0.4 is 5.73 Å². The smallest absolute Gasteiger partial charge is 0.126 e. The molecule has 2 atom stereocenters. The number of nitrogens with two attached hydrogens (primary N) is 1. The highest BCUT2D eigenvalue weighted by atomic mass is 19.1. The summed E-state index contributed by atoms with van der Waals surface area (Å²) in [7, 11) is 0. The summed E-state index contributed by atoms with van der Waals surface area (Å²) < 4.78 is 26.7. The van der Waals surface area contributed by atoms with Crippen molar-refractivity contribution in [1.29, 1.82) is 0 Å². The first-order valence-electron chi connectivity index (χ1n) is 7.29. The van der Waals surface area contributed by atoms with Crippen molar-refractivity contribution in [3.8, 4) is 0 Å². The van der Waals surface area contributed by atoms with Gasteiger partial charge in [-0.25, -0.2) is 8.78 Å². The second-order valence-electron chi connectivity index (χ2n) is 5.90. The van der Waals surface area contributed by atoms with Crippen molar-refractivity contribution < 1.29 is 8.78 Å². The lowest BCUT2D eigenvalue weighted by Crippen LogP contribution is -2.36. The average molecular weight is 267 g/mol. The summed E-state index contributed by atoms with van der Waals surface area (Å²) in [4.78, 5) is 0. The largest absolute Gasteiger partial charge is 0.321 e. The minimum atomic E-state index is -0.564. The van der Waals surface area contributed by atoms with Gasteiger partial charge in [-0.3, -0.25) is 0 Å². The number of hydrogen-bond donors (Lipinski definition) is 1. The maximum absolute atomic E-state index is 13.4. The summed E-state index contributed by atoms with van der Waals surface area (Å²) in [6.07, 6.45) is 7.34. The van der Waals surface area contributed by atoms with Gasteiger partial charge in [-0.2, -0.15) is 0 Å². The molecule has 0 amide bonds. The fourth-order valence-corrected chi connectivity index (χ4v) is 3.26. The molecule has 1 nitrogen and oxygen atoms in total. The van der Waals surface area contributed by atoms with Crippen molar-refractivity contribution in [3.05, 3.63) is 35.4 Å². The molecule has 106 valence electrons. The van der Waals surface area contributed by atoms with Crippen molar-refractivity contribution in [2.75, 3.05) is 0 Å². The van der Waals surface area contributed by atoms with Crippen LogP contribution >= 0.6 is 0 Å². The normalized spacial score (nSPS) is 28.1. The van der Waals surface area contributed by atoms with Gasteiger partial charge in [0.2, 0.25) is 0 Å². The third-order valence-electron chi connectivity index (χ3n) is 4.37. The summed E-state index contributed by atoms with van der Waals surface area (Å²) >= 11 is 0. The van der Waals surface area contributed by atoms with E-state index >= 15 is 0 Å². The molecule has 3 heteroatoms. The number of benzene rings is 1. The van der Waals surface area contributed by atoms with Crippen LogP contribution in [0.2, 0.25) is 0 Å². The quantitative estimate of drug-likeness (QED) is 0.802. The van der Waals surface area contributed by atoms with Gasteiger partial charge in [-0.15, -0.1) is 0 Å². The SMILES string of the molecule is CCCC1CCCC(N)(c2cc(F)cc(F)c2)CC1. The molecular weight excluding hydrogens is 244 g/mol. The van der Waals surface area contributed by atoms with Crippen molar-refractivity contribution in [2.24, 2.45) is 11.7 Å². The third-order valence-corrected chi connectivity index (χ3v) is 4.37. The monoisotopic (exact) mass is 267 g/mol. The molecule has 0 aliphatic heterocycles. The maximum Gasteiger partial charge on any atom is 0.126 e. The number of halogens is 2. The number of rotatable bonds is 3. The summed E-state index contributed by atoms with van der Waals surface area (Å²) in [5.74, 6) is -0.350. The Morgan fingerprint density at radius 2 is 1.84 bits per heavy atom. The van der Waals surface area contributed by atoms with E-state index in [2.05, 4.69) is 6.92 Å². The highest BCUT2D eigenvalue weighted by Gasteiger charge is 2.31. The van der Waals surface area contributed by atoms with Gasteiger partial charge >= 0.3 is 0 Å². The lowest BCUT2D eigenvalue weighted by atomic mass is 9.83. The Bertz CT molecular complexity index is 413. The molecule has 1 aromatic rings. The minimum Gasteiger partial charge on any atom is -0.321 e. The Labute approximate surface area is 114 Å².